The van der Waals surface area contributed by atoms with E-state index in [0.29, 0.717) is 38.6 Å². The highest BCUT2D eigenvalue weighted by Crippen LogP contribution is 2.39. The molecule has 1 aliphatic rings. The maximum Gasteiger partial charge on any atom is 0.263 e. The van der Waals surface area contributed by atoms with Gasteiger partial charge in [-0.2, -0.15) is 0 Å². The molecule has 1 atom stereocenters. The van der Waals surface area contributed by atoms with Crippen LogP contribution in [0.5, 0.6) is 11.5 Å². The number of hydrogen-bond donors (Lipinski definition) is 2. The van der Waals surface area contributed by atoms with Crippen LogP contribution in [0.3, 0.4) is 0 Å². The average molecular weight is 478 g/mol. The zero-order valence-electron chi connectivity index (χ0n) is 17.9. The SMILES string of the molecule is COc1ccc(OC)c(C2NC(=S)Nc3c2c(=O)n(-c2ccc(Cl)cc2)c2ccccc32)c1. The molecule has 0 bridgehead atoms. The van der Waals surface area contributed by atoms with Crippen LogP contribution in [0.1, 0.15) is 17.2 Å². The van der Waals surface area contributed by atoms with Gasteiger partial charge in [0.2, 0.25) is 0 Å². The van der Waals surface area contributed by atoms with Gasteiger partial charge in [0, 0.05) is 21.7 Å². The molecule has 166 valence electrons. The molecule has 2 N–H and O–H groups in total. The van der Waals surface area contributed by atoms with Gasteiger partial charge in [0.25, 0.3) is 5.56 Å². The first kappa shape index (κ1) is 21.3. The second-order valence-corrected chi connectivity index (χ2v) is 8.41. The second-order valence-electron chi connectivity index (χ2n) is 7.56. The largest absolute Gasteiger partial charge is 0.497 e. The first-order chi connectivity index (χ1) is 16.0. The first-order valence-corrected chi connectivity index (χ1v) is 11.0. The van der Waals surface area contributed by atoms with Gasteiger partial charge in [-0.15, -0.1) is 0 Å². The summed E-state index contributed by atoms with van der Waals surface area (Å²) in [6.45, 7) is 0. The molecule has 0 aliphatic carbocycles. The molecule has 6 nitrogen and oxygen atoms in total. The predicted molar refractivity (Wildman–Crippen MR) is 135 cm³/mol. The van der Waals surface area contributed by atoms with Crippen LogP contribution in [0, 0.1) is 0 Å². The number of pyridine rings is 1. The van der Waals surface area contributed by atoms with Crippen molar-refractivity contribution in [3.05, 3.63) is 93.2 Å². The number of halogens is 1. The maximum absolute atomic E-state index is 14.1. The summed E-state index contributed by atoms with van der Waals surface area (Å²) in [5.41, 5.74) is 3.26. The van der Waals surface area contributed by atoms with Gasteiger partial charge in [0.05, 0.1) is 37.0 Å². The lowest BCUT2D eigenvalue weighted by atomic mass is 9.93. The standard InChI is InChI=1S/C25H20ClN3O3S/c1-31-16-11-12-20(32-2)18(13-16)23-21-22(27-25(33)28-23)17-5-3-4-6-19(17)29(24(21)30)15-9-7-14(26)8-10-15/h3-13,23H,1-2H3,(H2,27,28,33). The van der Waals surface area contributed by atoms with Crippen molar-refractivity contribution in [2.75, 3.05) is 19.5 Å². The minimum atomic E-state index is -0.547. The summed E-state index contributed by atoms with van der Waals surface area (Å²) in [4.78, 5) is 14.1. The summed E-state index contributed by atoms with van der Waals surface area (Å²) in [5, 5.41) is 8.36. The van der Waals surface area contributed by atoms with E-state index in [9.17, 15) is 4.79 Å². The van der Waals surface area contributed by atoms with Crippen molar-refractivity contribution in [3.8, 4) is 17.2 Å². The van der Waals surface area contributed by atoms with Gasteiger partial charge in [0.1, 0.15) is 11.5 Å². The van der Waals surface area contributed by atoms with Gasteiger partial charge in [-0.1, -0.05) is 29.8 Å². The molecule has 0 radical (unpaired) electrons. The summed E-state index contributed by atoms with van der Waals surface area (Å²) in [6, 6.07) is 19.9. The molecular weight excluding hydrogens is 458 g/mol. The molecule has 33 heavy (non-hydrogen) atoms. The van der Waals surface area contributed by atoms with Crippen LogP contribution in [0.2, 0.25) is 5.02 Å². The van der Waals surface area contributed by atoms with Gasteiger partial charge in [-0.3, -0.25) is 9.36 Å². The Kier molecular flexibility index (Phi) is 5.44. The minimum absolute atomic E-state index is 0.177. The number of nitrogens with one attached hydrogen (secondary N) is 2. The normalized spacial score (nSPS) is 14.9. The van der Waals surface area contributed by atoms with Gasteiger partial charge < -0.3 is 20.1 Å². The first-order valence-electron chi connectivity index (χ1n) is 10.2. The van der Waals surface area contributed by atoms with Crippen molar-refractivity contribution in [3.63, 3.8) is 0 Å². The van der Waals surface area contributed by atoms with E-state index in [1.54, 1.807) is 30.9 Å². The number of para-hydroxylation sites is 1. The van der Waals surface area contributed by atoms with E-state index in [0.717, 1.165) is 16.5 Å². The molecule has 0 spiro atoms. The van der Waals surface area contributed by atoms with Crippen LogP contribution in [0.15, 0.2) is 71.5 Å². The van der Waals surface area contributed by atoms with E-state index >= 15 is 0 Å². The zero-order valence-corrected chi connectivity index (χ0v) is 19.5. The Hall–Kier alpha value is -3.55. The lowest BCUT2D eigenvalue weighted by Crippen LogP contribution is -2.43. The monoisotopic (exact) mass is 477 g/mol. The summed E-state index contributed by atoms with van der Waals surface area (Å²) in [5.74, 6) is 1.27. The number of aromatic nitrogens is 1. The molecule has 1 aliphatic heterocycles. The molecule has 4 aromatic rings. The Morgan fingerprint density at radius 2 is 1.76 bits per heavy atom. The van der Waals surface area contributed by atoms with Crippen molar-refractivity contribution < 1.29 is 9.47 Å². The van der Waals surface area contributed by atoms with Crippen LogP contribution in [-0.2, 0) is 0 Å². The highest BCUT2D eigenvalue weighted by atomic mass is 35.5. The molecule has 1 unspecified atom stereocenters. The van der Waals surface area contributed by atoms with E-state index in [4.69, 9.17) is 33.3 Å². The Bertz CT molecular complexity index is 1450. The Balaban J connectivity index is 1.87. The van der Waals surface area contributed by atoms with Gasteiger partial charge >= 0.3 is 0 Å². The van der Waals surface area contributed by atoms with Crippen molar-refractivity contribution in [1.29, 1.82) is 0 Å². The molecule has 0 saturated heterocycles. The van der Waals surface area contributed by atoms with Crippen molar-refractivity contribution >= 4 is 45.5 Å². The average Bonchev–Trinajstić information content (AvgIpc) is 2.84. The Labute approximate surface area is 200 Å². The van der Waals surface area contributed by atoms with E-state index in [1.165, 1.54) is 0 Å². The lowest BCUT2D eigenvalue weighted by Gasteiger charge is -2.31. The van der Waals surface area contributed by atoms with Crippen LogP contribution in [0.25, 0.3) is 16.6 Å². The number of hydrogen-bond acceptors (Lipinski definition) is 4. The number of nitrogens with zero attached hydrogens (tertiary/aromatic N) is 1. The highest BCUT2D eigenvalue weighted by molar-refractivity contribution is 7.80. The summed E-state index contributed by atoms with van der Waals surface area (Å²) in [6.07, 6.45) is 0. The summed E-state index contributed by atoms with van der Waals surface area (Å²) in [7, 11) is 3.19. The quantitative estimate of drug-likeness (QED) is 0.401. The molecule has 0 saturated carbocycles. The maximum atomic E-state index is 14.1. The van der Waals surface area contributed by atoms with Crippen LogP contribution >= 0.6 is 23.8 Å². The van der Waals surface area contributed by atoms with Gasteiger partial charge in [0.15, 0.2) is 5.11 Å². The van der Waals surface area contributed by atoms with Crippen molar-refractivity contribution in [2.24, 2.45) is 0 Å². The molecule has 8 heteroatoms. The summed E-state index contributed by atoms with van der Waals surface area (Å²) < 4.78 is 12.8. The fourth-order valence-corrected chi connectivity index (χ4v) is 4.61. The van der Waals surface area contributed by atoms with Crippen LogP contribution < -0.4 is 25.7 Å². The number of benzene rings is 3. The molecular formula is C25H20ClN3O3S. The number of thiocarbonyl (C=S) groups is 1. The third kappa shape index (κ3) is 3.59. The number of anilines is 1. The molecule has 0 amide bonds. The van der Waals surface area contributed by atoms with Crippen LogP contribution in [0.4, 0.5) is 5.69 Å². The fourth-order valence-electron chi connectivity index (χ4n) is 4.26. The third-order valence-electron chi connectivity index (χ3n) is 5.75. The van der Waals surface area contributed by atoms with Gasteiger partial charge in [-0.05, 0) is 60.7 Å². The number of fused-ring (bicyclic) bond motifs is 3. The van der Waals surface area contributed by atoms with Crippen molar-refractivity contribution in [2.45, 2.75) is 6.04 Å². The highest BCUT2D eigenvalue weighted by Gasteiger charge is 2.32. The summed E-state index contributed by atoms with van der Waals surface area (Å²) >= 11 is 11.6. The number of methoxy groups -OCH3 is 2. The fraction of sp³-hybridized carbons (Fsp3) is 0.120. The number of rotatable bonds is 4. The molecule has 0 fully saturated rings. The van der Waals surface area contributed by atoms with Gasteiger partial charge in [-0.25, -0.2) is 0 Å². The molecule has 2 heterocycles. The van der Waals surface area contributed by atoms with E-state index in [-0.39, 0.29) is 5.56 Å². The van der Waals surface area contributed by atoms with E-state index in [2.05, 4.69) is 10.6 Å². The minimum Gasteiger partial charge on any atom is -0.497 e. The predicted octanol–water partition coefficient (Wildman–Crippen LogP) is 5.05. The topological polar surface area (TPSA) is 64.5 Å². The molecule has 5 rings (SSSR count). The Morgan fingerprint density at radius 1 is 1.00 bits per heavy atom. The third-order valence-corrected chi connectivity index (χ3v) is 6.22. The smallest absolute Gasteiger partial charge is 0.263 e. The lowest BCUT2D eigenvalue weighted by molar-refractivity contribution is 0.396. The molecule has 3 aromatic carbocycles. The number of ether oxygens (including phenoxy) is 2. The van der Waals surface area contributed by atoms with E-state index in [1.807, 2.05) is 54.6 Å². The van der Waals surface area contributed by atoms with Crippen molar-refractivity contribution in [1.82, 2.24) is 9.88 Å². The zero-order chi connectivity index (χ0) is 23.1. The Morgan fingerprint density at radius 3 is 2.48 bits per heavy atom. The van der Waals surface area contributed by atoms with Crippen LogP contribution in [-0.4, -0.2) is 23.9 Å². The van der Waals surface area contributed by atoms with E-state index < -0.39 is 6.04 Å². The molecule has 1 aromatic heterocycles. The second kappa shape index (κ2) is 8.42.